The molecule has 0 saturated carbocycles. The van der Waals surface area contributed by atoms with Gasteiger partial charge in [0.25, 0.3) is 6.54 Å². The maximum absolute atomic E-state index is 7.62. The number of hydrogen-bond acceptors (Lipinski definition) is 3. The van der Waals surface area contributed by atoms with E-state index in [-0.39, 0.29) is 12.3 Å². The lowest BCUT2D eigenvalue weighted by Gasteiger charge is -2.08. The van der Waals surface area contributed by atoms with Crippen LogP contribution < -0.4 is 9.47 Å². The Morgan fingerprint density at radius 2 is 2.00 bits per heavy atom. The number of hydrogen-bond donors (Lipinski definition) is 1. The third-order valence-electron chi connectivity index (χ3n) is 1.97. The van der Waals surface area contributed by atoms with Gasteiger partial charge >= 0.3 is 0 Å². The Morgan fingerprint density at radius 1 is 1.33 bits per heavy atom. The number of nitrogens with one attached hydrogen (secondary N) is 1. The summed E-state index contributed by atoms with van der Waals surface area (Å²) in [4.78, 5) is 3.16. The number of methoxy groups -OCH3 is 2. The van der Waals surface area contributed by atoms with Crippen LogP contribution in [0.1, 0.15) is 5.56 Å². The van der Waals surface area contributed by atoms with Crippen LogP contribution in [0.2, 0.25) is 0 Å². The van der Waals surface area contributed by atoms with E-state index in [0.717, 1.165) is 0 Å². The van der Waals surface area contributed by atoms with Gasteiger partial charge in [-0.15, -0.1) is 0 Å². The molecule has 4 heteroatoms. The molecule has 0 saturated heterocycles. The van der Waals surface area contributed by atoms with Gasteiger partial charge < -0.3 is 14.3 Å². The van der Waals surface area contributed by atoms with Crippen LogP contribution in [0.3, 0.4) is 0 Å². The van der Waals surface area contributed by atoms with Gasteiger partial charge in [-0.2, -0.15) is 0 Å². The number of nitrogens with zero attached hydrogens (tertiary/aromatic N) is 1. The molecule has 0 aromatic heterocycles. The van der Waals surface area contributed by atoms with Crippen LogP contribution in [-0.4, -0.2) is 26.5 Å². The van der Waals surface area contributed by atoms with Crippen LogP contribution >= 0.6 is 0 Å². The lowest BCUT2D eigenvalue weighted by Crippen LogP contribution is -2.02. The zero-order valence-corrected chi connectivity index (χ0v) is 8.70. The predicted molar refractivity (Wildman–Crippen MR) is 57.8 cm³/mol. The van der Waals surface area contributed by atoms with Gasteiger partial charge in [-0.05, 0) is 18.2 Å². The first kappa shape index (κ1) is 11.1. The maximum atomic E-state index is 7.62. The van der Waals surface area contributed by atoms with Crippen molar-refractivity contribution in [1.29, 1.82) is 5.41 Å². The van der Waals surface area contributed by atoms with Crippen molar-refractivity contribution in [2.24, 2.45) is 0 Å². The molecule has 0 amide bonds. The fourth-order valence-corrected chi connectivity index (χ4v) is 1.19. The van der Waals surface area contributed by atoms with Crippen LogP contribution in [0.5, 0.6) is 11.5 Å². The van der Waals surface area contributed by atoms with Crippen molar-refractivity contribution >= 4 is 5.71 Å². The fraction of sp³-hybridized carbons (Fsp3) is 0.273. The molecule has 0 fully saturated rings. The lowest BCUT2D eigenvalue weighted by molar-refractivity contribution is 0.355. The third-order valence-corrected chi connectivity index (χ3v) is 1.97. The van der Waals surface area contributed by atoms with Crippen LogP contribution in [0.4, 0.5) is 0 Å². The van der Waals surface area contributed by atoms with Gasteiger partial charge in [-0.3, -0.25) is 5.41 Å². The average Bonchev–Trinajstić information content (AvgIpc) is 2.28. The summed E-state index contributed by atoms with van der Waals surface area (Å²) in [7, 11) is 3.10. The molecule has 1 aromatic rings. The van der Waals surface area contributed by atoms with Gasteiger partial charge in [0.1, 0.15) is 5.71 Å². The first-order valence-electron chi connectivity index (χ1n) is 4.36. The van der Waals surface area contributed by atoms with Crippen molar-refractivity contribution in [1.82, 2.24) is 0 Å². The minimum Gasteiger partial charge on any atom is -0.493 e. The Balaban J connectivity index is 3.03. The Morgan fingerprint density at radius 3 is 2.53 bits per heavy atom. The molecule has 4 nitrogen and oxygen atoms in total. The Bertz CT molecular complexity index is 408. The molecule has 0 aliphatic heterocycles. The molecule has 1 aromatic carbocycles. The topological polar surface area (TPSA) is 46.7 Å². The smallest absolute Gasteiger partial charge is 0.256 e. The van der Waals surface area contributed by atoms with Crippen LogP contribution in [0, 0.1) is 12.0 Å². The Hall–Kier alpha value is -2.02. The summed E-state index contributed by atoms with van der Waals surface area (Å²) in [5, 5.41) is 7.62. The number of ether oxygens (including phenoxy) is 2. The van der Waals surface area contributed by atoms with Gasteiger partial charge in [0.05, 0.1) is 14.2 Å². The van der Waals surface area contributed by atoms with E-state index in [1.165, 1.54) is 0 Å². The van der Waals surface area contributed by atoms with E-state index >= 15 is 0 Å². The normalized spacial score (nSPS) is 9.13. The van der Waals surface area contributed by atoms with Crippen molar-refractivity contribution in [3.63, 3.8) is 0 Å². The van der Waals surface area contributed by atoms with Crippen molar-refractivity contribution in [3.8, 4) is 11.5 Å². The highest BCUT2D eigenvalue weighted by atomic mass is 16.5. The predicted octanol–water partition coefficient (Wildman–Crippen LogP) is 1.99. The van der Waals surface area contributed by atoms with Gasteiger partial charge in [0, 0.05) is 5.56 Å². The summed E-state index contributed by atoms with van der Waals surface area (Å²) in [5.74, 6) is 1.20. The van der Waals surface area contributed by atoms with E-state index in [1.807, 2.05) is 0 Å². The SMILES string of the molecule is [C-]#[N+]CC(=N)c1ccc(OC)c(OC)c1. The molecule has 0 unspecified atom stereocenters. The second-order valence-electron chi connectivity index (χ2n) is 2.86. The van der Waals surface area contributed by atoms with Crippen molar-refractivity contribution in [2.45, 2.75) is 0 Å². The molecule has 1 rings (SSSR count). The average molecular weight is 204 g/mol. The Labute approximate surface area is 88.8 Å². The van der Waals surface area contributed by atoms with Crippen molar-refractivity contribution in [2.75, 3.05) is 20.8 Å². The van der Waals surface area contributed by atoms with E-state index in [4.69, 9.17) is 21.5 Å². The molecule has 78 valence electrons. The molecule has 1 N–H and O–H groups in total. The molecule has 0 atom stereocenters. The fourth-order valence-electron chi connectivity index (χ4n) is 1.19. The van der Waals surface area contributed by atoms with Gasteiger partial charge in [0.15, 0.2) is 11.5 Å². The third kappa shape index (κ3) is 2.47. The largest absolute Gasteiger partial charge is 0.493 e. The van der Waals surface area contributed by atoms with Crippen LogP contribution in [-0.2, 0) is 0 Å². The second-order valence-corrected chi connectivity index (χ2v) is 2.86. The lowest BCUT2D eigenvalue weighted by atomic mass is 10.1. The number of benzene rings is 1. The maximum Gasteiger partial charge on any atom is 0.256 e. The standard InChI is InChI=1S/C11H12N2O2/c1-13-7-9(12)8-4-5-10(14-2)11(6-8)15-3/h4-6,12H,7H2,2-3H3. The zero-order valence-electron chi connectivity index (χ0n) is 8.70. The summed E-state index contributed by atoms with van der Waals surface area (Å²) in [5.41, 5.74) is 0.967. The molecular weight excluding hydrogens is 192 g/mol. The van der Waals surface area contributed by atoms with E-state index in [1.54, 1.807) is 32.4 Å². The zero-order chi connectivity index (χ0) is 11.3. The molecule has 0 aliphatic rings. The summed E-state index contributed by atoms with van der Waals surface area (Å²) < 4.78 is 10.2. The highest BCUT2D eigenvalue weighted by molar-refractivity contribution is 6.01. The van der Waals surface area contributed by atoms with Gasteiger partial charge in [-0.1, -0.05) is 0 Å². The van der Waals surface area contributed by atoms with E-state index < -0.39 is 0 Å². The summed E-state index contributed by atoms with van der Waals surface area (Å²) in [6.45, 7) is 6.77. The summed E-state index contributed by atoms with van der Waals surface area (Å²) in [6, 6.07) is 5.17. The first-order chi connectivity index (χ1) is 7.22. The molecule has 0 spiro atoms. The van der Waals surface area contributed by atoms with Crippen molar-refractivity contribution in [3.05, 3.63) is 35.2 Å². The van der Waals surface area contributed by atoms with Gasteiger partial charge in [-0.25, -0.2) is 6.57 Å². The monoisotopic (exact) mass is 204 g/mol. The minimum absolute atomic E-state index is 0.0789. The minimum atomic E-state index is 0.0789. The first-order valence-corrected chi connectivity index (χ1v) is 4.36. The van der Waals surface area contributed by atoms with Gasteiger partial charge in [0.2, 0.25) is 0 Å². The quantitative estimate of drug-likeness (QED) is 0.602. The van der Waals surface area contributed by atoms with E-state index in [2.05, 4.69) is 4.85 Å². The summed E-state index contributed by atoms with van der Waals surface area (Å²) >= 11 is 0. The molecule has 0 bridgehead atoms. The highest BCUT2D eigenvalue weighted by Crippen LogP contribution is 2.27. The second kappa shape index (κ2) is 5.01. The van der Waals surface area contributed by atoms with Crippen LogP contribution in [0.25, 0.3) is 4.85 Å². The molecule has 0 radical (unpaired) electrons. The number of rotatable bonds is 4. The van der Waals surface area contributed by atoms with Crippen LogP contribution in [0.15, 0.2) is 18.2 Å². The Kier molecular flexibility index (Phi) is 3.69. The molecular formula is C11H12N2O2. The molecule has 0 aliphatic carbocycles. The highest BCUT2D eigenvalue weighted by Gasteiger charge is 2.09. The molecule has 15 heavy (non-hydrogen) atoms. The summed E-state index contributed by atoms with van der Waals surface area (Å²) in [6.07, 6.45) is 0. The van der Waals surface area contributed by atoms with E-state index in [9.17, 15) is 0 Å². The van der Waals surface area contributed by atoms with E-state index in [0.29, 0.717) is 17.1 Å². The van der Waals surface area contributed by atoms with Crippen molar-refractivity contribution < 1.29 is 9.47 Å². The molecule has 0 heterocycles.